The predicted molar refractivity (Wildman–Crippen MR) is 74.6 cm³/mol. The van der Waals surface area contributed by atoms with Crippen molar-refractivity contribution in [2.75, 3.05) is 0 Å². The fraction of sp³-hybridized carbons (Fsp3) is 0.500. The van der Waals surface area contributed by atoms with E-state index in [1.54, 1.807) is 0 Å². The minimum Gasteiger partial charge on any atom is -0.840 e. The first kappa shape index (κ1) is 28.3. The average molecular weight is 473 g/mol. The van der Waals surface area contributed by atoms with E-state index in [0.717, 1.165) is 6.42 Å². The van der Waals surface area contributed by atoms with Gasteiger partial charge in [0.05, 0.1) is 0 Å². The van der Waals surface area contributed by atoms with E-state index in [9.17, 15) is 31.4 Å². The summed E-state index contributed by atoms with van der Waals surface area (Å²) in [7, 11) is 0. The number of allylic oxidation sites excluding steroid dienone is 4. The van der Waals surface area contributed by atoms with Crippen molar-refractivity contribution in [3.8, 4) is 0 Å². The van der Waals surface area contributed by atoms with Gasteiger partial charge in [-0.05, 0) is 19.4 Å². The molecule has 2 nitrogen and oxygen atoms in total. The van der Waals surface area contributed by atoms with Crippen molar-refractivity contribution in [3.05, 3.63) is 41.5 Å². The molecule has 0 aliphatic rings. The standard InChI is InChI=1S/C8H12Cl.C6H5F6O2.Pd/c1-4-8(5-2)6-7(3)9;1-4(14,6(10,11)12)2-3(13)5(7,8)9;/h4-5H,3,6H2,1-2H3;2,13H,1H3;/q;-1;/b8-4-;3-2-;. The molecule has 1 unspecified atom stereocenters. The van der Waals surface area contributed by atoms with Crippen LogP contribution < -0.4 is 5.11 Å². The summed E-state index contributed by atoms with van der Waals surface area (Å²) in [6, 6.07) is 0. The number of aliphatic hydroxyl groups is 1. The zero-order valence-corrected chi connectivity index (χ0v) is 15.3. The average Bonchev–Trinajstić information content (AvgIpc) is 2.33. The van der Waals surface area contributed by atoms with Crippen LogP contribution in [0, 0.1) is 6.42 Å². The Morgan fingerprint density at radius 1 is 1.17 bits per heavy atom. The van der Waals surface area contributed by atoms with E-state index in [2.05, 4.69) is 6.58 Å². The molecule has 0 amide bonds. The van der Waals surface area contributed by atoms with Gasteiger partial charge >= 0.3 is 12.4 Å². The van der Waals surface area contributed by atoms with E-state index in [4.69, 9.17) is 16.7 Å². The molecule has 0 spiro atoms. The first-order chi connectivity index (χ1) is 10.1. The van der Waals surface area contributed by atoms with Crippen molar-refractivity contribution in [2.24, 2.45) is 0 Å². The summed E-state index contributed by atoms with van der Waals surface area (Å²) >= 11 is 5.57. The molecule has 24 heavy (non-hydrogen) atoms. The number of rotatable bonds is 4. The van der Waals surface area contributed by atoms with Gasteiger partial charge in [-0.3, -0.25) is 0 Å². The molecular formula is C14H17ClF6O2Pd-. The third kappa shape index (κ3) is 12.0. The van der Waals surface area contributed by atoms with Crippen LogP contribution in [0.3, 0.4) is 0 Å². The number of aliphatic hydroxyl groups excluding tert-OH is 1. The molecule has 1 N–H and O–H groups in total. The molecule has 0 aromatic rings. The summed E-state index contributed by atoms with van der Waals surface area (Å²) in [5.41, 5.74) is -2.73. The molecule has 1 radical (unpaired) electrons. The second-order valence-electron chi connectivity index (χ2n) is 4.48. The molecule has 0 aliphatic heterocycles. The molecule has 0 bridgehead atoms. The van der Waals surface area contributed by atoms with Crippen LogP contribution in [0.15, 0.2) is 35.1 Å². The zero-order chi connectivity index (χ0) is 19.1. The summed E-state index contributed by atoms with van der Waals surface area (Å²) in [4.78, 5) is 0. The van der Waals surface area contributed by atoms with Crippen molar-refractivity contribution in [1.82, 2.24) is 0 Å². The van der Waals surface area contributed by atoms with Crippen molar-refractivity contribution in [1.29, 1.82) is 0 Å². The van der Waals surface area contributed by atoms with Crippen molar-refractivity contribution in [3.63, 3.8) is 0 Å². The van der Waals surface area contributed by atoms with E-state index in [0.29, 0.717) is 5.03 Å². The maximum absolute atomic E-state index is 11.7. The molecule has 0 aliphatic carbocycles. The van der Waals surface area contributed by atoms with E-state index in [1.165, 1.54) is 5.57 Å². The van der Waals surface area contributed by atoms with Crippen molar-refractivity contribution in [2.45, 2.75) is 45.1 Å². The number of hydrogen-bond donors (Lipinski definition) is 1. The van der Waals surface area contributed by atoms with Crippen molar-refractivity contribution >= 4 is 11.6 Å². The van der Waals surface area contributed by atoms with Crippen LogP contribution in [-0.4, -0.2) is 23.1 Å². The molecular weight excluding hydrogens is 456 g/mol. The van der Waals surface area contributed by atoms with Gasteiger partial charge in [0, 0.05) is 37.5 Å². The fourth-order valence-corrected chi connectivity index (χ4v) is 1.17. The fourth-order valence-electron chi connectivity index (χ4n) is 1.02. The Bertz CT molecular complexity index is 453. The molecule has 145 valence electrons. The van der Waals surface area contributed by atoms with Gasteiger partial charge in [-0.25, -0.2) is 0 Å². The Hall–Kier alpha value is -0.488. The normalized spacial score (nSPS) is 15.6. The van der Waals surface area contributed by atoms with Crippen LogP contribution in [0.1, 0.15) is 27.2 Å². The first-order valence-corrected chi connectivity index (χ1v) is 6.50. The molecule has 0 rings (SSSR count). The molecule has 0 heterocycles. The Balaban J connectivity index is -0.000000385. The Kier molecular flexibility index (Phi) is 13.2. The minimum atomic E-state index is -5.40. The second kappa shape index (κ2) is 11.2. The second-order valence-corrected chi connectivity index (χ2v) is 5.01. The molecule has 0 saturated heterocycles. The predicted octanol–water partition coefficient (Wildman–Crippen LogP) is 4.97. The molecule has 1 atom stereocenters. The summed E-state index contributed by atoms with van der Waals surface area (Å²) in [6.45, 7) is 7.57. The van der Waals surface area contributed by atoms with Crippen LogP contribution in [0.25, 0.3) is 0 Å². The van der Waals surface area contributed by atoms with E-state index < -0.39 is 29.8 Å². The smallest absolute Gasteiger partial charge is 0.448 e. The summed E-state index contributed by atoms with van der Waals surface area (Å²) in [5.74, 6) is -2.55. The third-order valence-corrected chi connectivity index (χ3v) is 2.54. The van der Waals surface area contributed by atoms with Gasteiger partial charge in [-0.1, -0.05) is 43.7 Å². The SMILES string of the molecule is C=C(Cl)C/C([CH]C)=C\C.CC([O-])(/C=C(\O)C(F)(F)F)C(F)(F)F.[Pd]. The van der Waals surface area contributed by atoms with Gasteiger partial charge in [0.1, 0.15) is 0 Å². The van der Waals surface area contributed by atoms with Crippen LogP contribution in [0.4, 0.5) is 26.3 Å². The molecule has 0 fully saturated rings. The van der Waals surface area contributed by atoms with Gasteiger partial charge in [0.15, 0.2) is 5.76 Å². The summed E-state index contributed by atoms with van der Waals surface area (Å²) in [6.07, 6.45) is -6.70. The minimum absolute atomic E-state index is 0. The maximum atomic E-state index is 11.7. The van der Waals surface area contributed by atoms with Crippen LogP contribution in [0.2, 0.25) is 0 Å². The van der Waals surface area contributed by atoms with Crippen LogP contribution in [-0.2, 0) is 20.4 Å². The van der Waals surface area contributed by atoms with Gasteiger partial charge in [-0.2, -0.15) is 26.3 Å². The van der Waals surface area contributed by atoms with Crippen LogP contribution in [0.5, 0.6) is 0 Å². The molecule has 0 aromatic heterocycles. The largest absolute Gasteiger partial charge is 0.840 e. The van der Waals surface area contributed by atoms with Gasteiger partial charge in [0.25, 0.3) is 0 Å². The zero-order valence-electron chi connectivity index (χ0n) is 13.0. The Morgan fingerprint density at radius 3 is 1.75 bits per heavy atom. The summed E-state index contributed by atoms with van der Waals surface area (Å²) in [5, 5.41) is 19.3. The Labute approximate surface area is 155 Å². The number of alkyl halides is 6. The molecule has 10 heteroatoms. The third-order valence-electron chi connectivity index (χ3n) is 2.40. The number of hydrogen-bond acceptors (Lipinski definition) is 2. The first-order valence-electron chi connectivity index (χ1n) is 6.12. The van der Waals surface area contributed by atoms with E-state index >= 15 is 0 Å². The number of halogens is 7. The van der Waals surface area contributed by atoms with Gasteiger partial charge in [0.2, 0.25) is 0 Å². The maximum Gasteiger partial charge on any atom is 0.448 e. The van der Waals surface area contributed by atoms with E-state index in [-0.39, 0.29) is 27.3 Å². The van der Waals surface area contributed by atoms with Gasteiger partial charge < -0.3 is 10.2 Å². The van der Waals surface area contributed by atoms with Crippen LogP contribution >= 0.6 is 11.6 Å². The van der Waals surface area contributed by atoms with E-state index in [1.807, 2.05) is 26.3 Å². The molecule has 0 saturated carbocycles. The monoisotopic (exact) mass is 472 g/mol. The Morgan fingerprint density at radius 2 is 1.58 bits per heavy atom. The topological polar surface area (TPSA) is 43.3 Å². The van der Waals surface area contributed by atoms with Gasteiger partial charge in [-0.15, -0.1) is 0 Å². The molecule has 0 aromatic carbocycles. The summed E-state index contributed by atoms with van der Waals surface area (Å²) < 4.78 is 69.9. The quantitative estimate of drug-likeness (QED) is 0.356. The van der Waals surface area contributed by atoms with Crippen molar-refractivity contribution < 1.29 is 57.0 Å².